The zero-order valence-electron chi connectivity index (χ0n) is 22.4. The Balaban J connectivity index is 1.29. The number of aromatic amines is 1. The molecule has 0 radical (unpaired) electrons. The number of hydrogen-bond acceptors (Lipinski definition) is 2. The van der Waals surface area contributed by atoms with Crippen LogP contribution in [-0.2, 0) is 5.92 Å². The number of aryl methyl sites for hydroxylation is 1. The van der Waals surface area contributed by atoms with E-state index >= 15 is 0 Å². The van der Waals surface area contributed by atoms with Gasteiger partial charge in [-0.15, -0.1) is 0 Å². The van der Waals surface area contributed by atoms with Gasteiger partial charge in [-0.05, 0) is 55.2 Å². The van der Waals surface area contributed by atoms with Gasteiger partial charge in [0.05, 0.1) is 0 Å². The van der Waals surface area contributed by atoms with Crippen molar-refractivity contribution >= 4 is 22.5 Å². The highest BCUT2D eigenvalue weighted by atomic mass is 19.3. The predicted octanol–water partition coefficient (Wildman–Crippen LogP) is 8.35. The van der Waals surface area contributed by atoms with Gasteiger partial charge in [0.15, 0.2) is 0 Å². The number of carbonyl (C=O) groups is 1. The summed E-state index contributed by atoms with van der Waals surface area (Å²) in [6, 6.07) is 18.6. The highest BCUT2D eigenvalue weighted by Crippen LogP contribution is 2.36. The molecule has 4 nitrogen and oxygen atoms in total. The number of alkyl halides is 4. The lowest BCUT2D eigenvalue weighted by Crippen LogP contribution is -2.41. The molecule has 40 heavy (non-hydrogen) atoms. The second-order valence-corrected chi connectivity index (χ2v) is 10.4. The number of H-pyrrole nitrogens is 1. The van der Waals surface area contributed by atoms with E-state index in [1.165, 1.54) is 12.1 Å². The fourth-order valence-electron chi connectivity index (χ4n) is 5.47. The Bertz CT molecular complexity index is 1550. The molecule has 1 aromatic heterocycles. The lowest BCUT2D eigenvalue weighted by Gasteiger charge is -2.37. The maximum absolute atomic E-state index is 14.1. The molecule has 4 aromatic rings. The standard InChI is InChI=1S/C32H31F4N3O/c1-20-7-4-5-10-29(20)39(31(33)34)21(2)22-13-15-38(16-14-22)30(40)24-11-12-26-27(19-37-28(26)18-24)23-8-6-9-25(17-23)32(3,35)36/h4-12,17-19,22,31,37H,2,13-16H2,1,3H3. The third-order valence-electron chi connectivity index (χ3n) is 7.74. The van der Waals surface area contributed by atoms with E-state index in [2.05, 4.69) is 11.6 Å². The molecule has 0 saturated carbocycles. The van der Waals surface area contributed by atoms with Crippen LogP contribution in [0.4, 0.5) is 23.2 Å². The average Bonchev–Trinajstić information content (AvgIpc) is 3.37. The highest BCUT2D eigenvalue weighted by molar-refractivity contribution is 6.02. The molecule has 0 bridgehead atoms. The van der Waals surface area contributed by atoms with Crippen LogP contribution >= 0.6 is 0 Å². The molecule has 1 fully saturated rings. The number of likely N-dealkylation sites (tertiary alicyclic amines) is 1. The van der Waals surface area contributed by atoms with E-state index in [1.807, 2.05) is 12.1 Å². The van der Waals surface area contributed by atoms with E-state index in [0.717, 1.165) is 33.9 Å². The summed E-state index contributed by atoms with van der Waals surface area (Å²) in [5, 5.41) is 0.825. The summed E-state index contributed by atoms with van der Waals surface area (Å²) in [5.41, 5.74) is 4.15. The van der Waals surface area contributed by atoms with Crippen molar-refractivity contribution in [2.75, 3.05) is 18.0 Å². The van der Waals surface area contributed by atoms with Crippen LogP contribution in [0.25, 0.3) is 22.0 Å². The van der Waals surface area contributed by atoms with Crippen LogP contribution in [0.2, 0.25) is 0 Å². The summed E-state index contributed by atoms with van der Waals surface area (Å²) in [4.78, 5) is 19.2. The number of rotatable bonds is 7. The number of allylic oxidation sites excluding steroid dienone is 1. The van der Waals surface area contributed by atoms with Crippen LogP contribution in [0.1, 0.15) is 41.3 Å². The number of piperidine rings is 1. The minimum atomic E-state index is -2.94. The number of benzene rings is 3. The van der Waals surface area contributed by atoms with Crippen LogP contribution in [0.3, 0.4) is 0 Å². The zero-order valence-corrected chi connectivity index (χ0v) is 22.4. The summed E-state index contributed by atoms with van der Waals surface area (Å²) >= 11 is 0. The highest BCUT2D eigenvalue weighted by Gasteiger charge is 2.31. The maximum Gasteiger partial charge on any atom is 0.319 e. The molecule has 0 spiro atoms. The second-order valence-electron chi connectivity index (χ2n) is 10.4. The number of fused-ring (bicyclic) bond motifs is 1. The lowest BCUT2D eigenvalue weighted by atomic mass is 9.92. The molecule has 3 aromatic carbocycles. The topological polar surface area (TPSA) is 39.3 Å². The van der Waals surface area contributed by atoms with Crippen LogP contribution in [0.15, 0.2) is 85.2 Å². The molecule has 208 valence electrons. The van der Waals surface area contributed by atoms with Crippen LogP contribution < -0.4 is 4.90 Å². The van der Waals surface area contributed by atoms with E-state index in [1.54, 1.807) is 60.5 Å². The molecule has 1 aliphatic heterocycles. The normalized spacial score (nSPS) is 14.6. The summed E-state index contributed by atoms with van der Waals surface area (Å²) in [6.45, 7) is 4.83. The number of amides is 1. The maximum atomic E-state index is 14.1. The van der Waals surface area contributed by atoms with Crippen molar-refractivity contribution in [3.8, 4) is 11.1 Å². The minimum absolute atomic E-state index is 0.0622. The third-order valence-corrected chi connectivity index (χ3v) is 7.74. The van der Waals surface area contributed by atoms with Crippen molar-refractivity contribution in [3.05, 3.63) is 102 Å². The van der Waals surface area contributed by atoms with E-state index in [4.69, 9.17) is 0 Å². The first kappa shape index (κ1) is 27.5. The van der Waals surface area contributed by atoms with E-state index in [0.29, 0.717) is 48.4 Å². The Morgan fingerprint density at radius 1 is 1.05 bits per heavy atom. The minimum Gasteiger partial charge on any atom is -0.361 e. The molecule has 8 heteroatoms. The molecule has 1 saturated heterocycles. The number of anilines is 1. The zero-order chi connectivity index (χ0) is 28.6. The van der Waals surface area contributed by atoms with Crippen molar-refractivity contribution in [3.63, 3.8) is 0 Å². The first-order valence-corrected chi connectivity index (χ1v) is 13.3. The quantitative estimate of drug-likeness (QED) is 0.186. The number of para-hydroxylation sites is 1. The fraction of sp³-hybridized carbons (Fsp3) is 0.281. The molecule has 0 aliphatic carbocycles. The predicted molar refractivity (Wildman–Crippen MR) is 151 cm³/mol. The van der Waals surface area contributed by atoms with Gasteiger partial charge >= 0.3 is 6.55 Å². The molecular formula is C32H31F4N3O. The molecule has 2 heterocycles. The van der Waals surface area contributed by atoms with E-state index in [9.17, 15) is 22.4 Å². The van der Waals surface area contributed by atoms with Gasteiger partial charge in [0.1, 0.15) is 0 Å². The van der Waals surface area contributed by atoms with Gasteiger partial charge in [-0.3, -0.25) is 9.69 Å². The molecule has 1 amide bonds. The van der Waals surface area contributed by atoms with Crippen molar-refractivity contribution in [2.24, 2.45) is 5.92 Å². The van der Waals surface area contributed by atoms with Gasteiger partial charge in [0.25, 0.3) is 11.8 Å². The van der Waals surface area contributed by atoms with Gasteiger partial charge in [0.2, 0.25) is 0 Å². The average molecular weight is 550 g/mol. The Morgan fingerprint density at radius 2 is 1.77 bits per heavy atom. The van der Waals surface area contributed by atoms with Crippen molar-refractivity contribution < 1.29 is 22.4 Å². The van der Waals surface area contributed by atoms with Gasteiger partial charge in [-0.2, -0.15) is 8.78 Å². The molecular weight excluding hydrogens is 518 g/mol. The van der Waals surface area contributed by atoms with E-state index in [-0.39, 0.29) is 17.4 Å². The van der Waals surface area contributed by atoms with Gasteiger partial charge in [0, 0.05) is 71.1 Å². The first-order chi connectivity index (χ1) is 19.0. The Kier molecular flexibility index (Phi) is 7.45. The summed E-state index contributed by atoms with van der Waals surface area (Å²) in [6.07, 6.45) is 2.83. The first-order valence-electron chi connectivity index (χ1n) is 13.3. The van der Waals surface area contributed by atoms with E-state index < -0.39 is 12.5 Å². The fourth-order valence-corrected chi connectivity index (χ4v) is 5.47. The number of nitrogens with zero attached hydrogens (tertiary/aromatic N) is 2. The summed E-state index contributed by atoms with van der Waals surface area (Å²) in [7, 11) is 0. The smallest absolute Gasteiger partial charge is 0.319 e. The molecule has 5 rings (SSSR count). The molecule has 1 N–H and O–H groups in total. The lowest BCUT2D eigenvalue weighted by molar-refractivity contribution is 0.0175. The van der Waals surface area contributed by atoms with Gasteiger partial charge in [-0.25, -0.2) is 8.78 Å². The van der Waals surface area contributed by atoms with Gasteiger partial charge in [-0.1, -0.05) is 49.0 Å². The third kappa shape index (κ3) is 5.35. The van der Waals surface area contributed by atoms with Gasteiger partial charge < -0.3 is 9.88 Å². The Labute approximate surface area is 230 Å². The molecule has 0 atom stereocenters. The molecule has 1 aliphatic rings. The number of aromatic nitrogens is 1. The summed E-state index contributed by atoms with van der Waals surface area (Å²) < 4.78 is 55.9. The number of carbonyl (C=O) groups excluding carboxylic acids is 1. The summed E-state index contributed by atoms with van der Waals surface area (Å²) in [5.74, 6) is -3.25. The monoisotopic (exact) mass is 549 g/mol. The number of hydrogen-bond donors (Lipinski definition) is 1. The second kappa shape index (κ2) is 10.8. The van der Waals surface area contributed by atoms with Crippen molar-refractivity contribution in [2.45, 2.75) is 39.2 Å². The Hall–Kier alpha value is -4.07. The van der Waals surface area contributed by atoms with Crippen molar-refractivity contribution in [1.82, 2.24) is 9.88 Å². The number of halogens is 4. The number of nitrogens with one attached hydrogen (secondary N) is 1. The largest absolute Gasteiger partial charge is 0.361 e. The Morgan fingerprint density at radius 3 is 2.45 bits per heavy atom. The SMILES string of the molecule is C=C(C1CCN(C(=O)c2ccc3c(-c4cccc(C(C)(F)F)c4)c[nH]c3c2)CC1)N(c1ccccc1C)C(F)F. The van der Waals surface area contributed by atoms with Crippen molar-refractivity contribution in [1.29, 1.82) is 0 Å². The van der Waals surface area contributed by atoms with Crippen LogP contribution in [0.5, 0.6) is 0 Å². The van der Waals surface area contributed by atoms with Crippen LogP contribution in [-0.4, -0.2) is 35.4 Å². The van der Waals surface area contributed by atoms with Crippen LogP contribution in [0, 0.1) is 12.8 Å². The molecule has 0 unspecified atom stereocenters.